The van der Waals surface area contributed by atoms with Crippen LogP contribution in [0.4, 0.5) is 20.2 Å². The quantitative estimate of drug-likeness (QED) is 0.864. The Kier molecular flexibility index (Phi) is 4.97. The van der Waals surface area contributed by atoms with Crippen LogP contribution in [0.15, 0.2) is 42.5 Å². The molecule has 7 heteroatoms. The molecule has 2 N–H and O–H groups in total. The molecule has 2 aromatic rings. The van der Waals surface area contributed by atoms with E-state index < -0.39 is 17.2 Å². The molecule has 0 aromatic heterocycles. The second kappa shape index (κ2) is 7.08. The van der Waals surface area contributed by atoms with Crippen molar-refractivity contribution < 1.29 is 18.4 Å². The number of para-hydroxylation sites is 2. The summed E-state index contributed by atoms with van der Waals surface area (Å²) in [5, 5.41) is 5.82. The number of benzene rings is 2. The fraction of sp³-hybridized carbons (Fsp3) is 0.300. The third-order valence-electron chi connectivity index (χ3n) is 4.76. The highest BCUT2D eigenvalue weighted by atomic mass is 19.2. The smallest absolute Gasteiger partial charge is 0.250 e. The van der Waals surface area contributed by atoms with Gasteiger partial charge in [0, 0.05) is 6.04 Å². The average Bonchev–Trinajstić information content (AvgIpc) is 2.62. The van der Waals surface area contributed by atoms with E-state index in [9.17, 15) is 18.4 Å². The standard InChI is InChI=1S/C20H21F2N3O2/c1-12(13-8-9-14(21)15(22)10-13)23-11-18(26)25-17-7-5-4-6-16(17)24-19(27)20(25,2)3/h4-10,12,23H,11H2,1-3H3,(H,24,27)/t12-/m0/s1. The zero-order valence-electron chi connectivity index (χ0n) is 15.3. The molecule has 1 aliphatic rings. The van der Waals surface area contributed by atoms with Gasteiger partial charge in [-0.3, -0.25) is 14.5 Å². The highest BCUT2D eigenvalue weighted by Gasteiger charge is 2.43. The van der Waals surface area contributed by atoms with Crippen LogP contribution in [0, 0.1) is 11.6 Å². The summed E-state index contributed by atoms with van der Waals surface area (Å²) in [5.41, 5.74) is 0.661. The molecule has 0 aliphatic carbocycles. The molecule has 27 heavy (non-hydrogen) atoms. The fourth-order valence-corrected chi connectivity index (χ4v) is 3.12. The zero-order chi connectivity index (χ0) is 19.8. The Balaban J connectivity index is 1.78. The molecule has 2 amide bonds. The summed E-state index contributed by atoms with van der Waals surface area (Å²) in [6.45, 7) is 5.04. The van der Waals surface area contributed by atoms with Gasteiger partial charge in [-0.15, -0.1) is 0 Å². The molecule has 3 rings (SSSR count). The Bertz CT molecular complexity index is 899. The van der Waals surface area contributed by atoms with E-state index in [0.717, 1.165) is 12.1 Å². The maximum atomic E-state index is 13.4. The van der Waals surface area contributed by atoms with Crippen molar-refractivity contribution in [1.29, 1.82) is 0 Å². The van der Waals surface area contributed by atoms with Crippen LogP contribution in [-0.4, -0.2) is 23.9 Å². The molecule has 0 fully saturated rings. The predicted molar refractivity (Wildman–Crippen MR) is 99.4 cm³/mol. The molecule has 5 nitrogen and oxygen atoms in total. The Labute approximate surface area is 156 Å². The third-order valence-corrected chi connectivity index (χ3v) is 4.76. The molecular weight excluding hydrogens is 352 g/mol. The number of nitrogens with zero attached hydrogens (tertiary/aromatic N) is 1. The van der Waals surface area contributed by atoms with Crippen molar-refractivity contribution in [2.24, 2.45) is 0 Å². The molecule has 0 spiro atoms. The lowest BCUT2D eigenvalue weighted by molar-refractivity contribution is -0.126. The Hall–Kier alpha value is -2.80. The van der Waals surface area contributed by atoms with E-state index in [0.29, 0.717) is 16.9 Å². The molecule has 1 atom stereocenters. The van der Waals surface area contributed by atoms with E-state index in [-0.39, 0.29) is 24.4 Å². The van der Waals surface area contributed by atoms with Gasteiger partial charge in [0.15, 0.2) is 11.6 Å². The Morgan fingerprint density at radius 1 is 1.19 bits per heavy atom. The lowest BCUT2D eigenvalue weighted by atomic mass is 9.96. The van der Waals surface area contributed by atoms with Crippen LogP contribution >= 0.6 is 0 Å². The van der Waals surface area contributed by atoms with Gasteiger partial charge in [-0.1, -0.05) is 18.2 Å². The SMILES string of the molecule is C[C@H](NCC(=O)N1c2ccccc2NC(=O)C1(C)C)c1ccc(F)c(F)c1. The van der Waals surface area contributed by atoms with Gasteiger partial charge in [-0.2, -0.15) is 0 Å². The summed E-state index contributed by atoms with van der Waals surface area (Å²) in [6, 6.07) is 10.3. The highest BCUT2D eigenvalue weighted by Crippen LogP contribution is 2.36. The maximum absolute atomic E-state index is 13.4. The number of amides is 2. The van der Waals surface area contributed by atoms with Gasteiger partial charge in [-0.05, 0) is 50.6 Å². The molecule has 142 valence electrons. The first-order chi connectivity index (χ1) is 12.7. The van der Waals surface area contributed by atoms with Gasteiger partial charge in [0.1, 0.15) is 5.54 Å². The van der Waals surface area contributed by atoms with Crippen molar-refractivity contribution in [2.75, 3.05) is 16.8 Å². The van der Waals surface area contributed by atoms with E-state index in [1.54, 1.807) is 45.0 Å². The molecule has 2 aromatic carbocycles. The molecule has 1 heterocycles. The van der Waals surface area contributed by atoms with Crippen LogP contribution in [0.25, 0.3) is 0 Å². The fourth-order valence-electron chi connectivity index (χ4n) is 3.12. The summed E-state index contributed by atoms with van der Waals surface area (Å²) in [6.07, 6.45) is 0. The monoisotopic (exact) mass is 373 g/mol. The number of nitrogens with one attached hydrogen (secondary N) is 2. The number of hydrogen-bond acceptors (Lipinski definition) is 3. The number of rotatable bonds is 4. The summed E-state index contributed by atoms with van der Waals surface area (Å²) in [7, 11) is 0. The lowest BCUT2D eigenvalue weighted by Gasteiger charge is -2.42. The van der Waals surface area contributed by atoms with Crippen molar-refractivity contribution >= 4 is 23.2 Å². The second-order valence-corrected chi connectivity index (χ2v) is 7.04. The summed E-state index contributed by atoms with van der Waals surface area (Å²) in [4.78, 5) is 26.8. The lowest BCUT2D eigenvalue weighted by Crippen LogP contribution is -2.60. The highest BCUT2D eigenvalue weighted by molar-refractivity contribution is 6.14. The van der Waals surface area contributed by atoms with Gasteiger partial charge >= 0.3 is 0 Å². The minimum atomic E-state index is -1.06. The van der Waals surface area contributed by atoms with Gasteiger partial charge in [0.25, 0.3) is 0 Å². The molecule has 0 saturated carbocycles. The van der Waals surface area contributed by atoms with Crippen molar-refractivity contribution in [3.8, 4) is 0 Å². The van der Waals surface area contributed by atoms with Gasteiger partial charge in [0.05, 0.1) is 17.9 Å². The number of hydrogen-bond donors (Lipinski definition) is 2. The number of halogens is 2. The van der Waals surface area contributed by atoms with Gasteiger partial charge < -0.3 is 10.6 Å². The number of anilines is 2. The summed E-state index contributed by atoms with van der Waals surface area (Å²) in [5.74, 6) is -2.42. The first kappa shape index (κ1) is 19.0. The minimum Gasteiger partial charge on any atom is -0.322 e. The summed E-state index contributed by atoms with van der Waals surface area (Å²) < 4.78 is 26.5. The van der Waals surface area contributed by atoms with E-state index in [4.69, 9.17) is 0 Å². The zero-order valence-corrected chi connectivity index (χ0v) is 15.3. The molecule has 0 bridgehead atoms. The molecule has 0 radical (unpaired) electrons. The predicted octanol–water partition coefficient (Wildman–Crippen LogP) is 3.38. The number of carbonyl (C=O) groups excluding carboxylic acids is 2. The second-order valence-electron chi connectivity index (χ2n) is 7.04. The largest absolute Gasteiger partial charge is 0.322 e. The minimum absolute atomic E-state index is 0.0643. The van der Waals surface area contributed by atoms with E-state index >= 15 is 0 Å². The first-order valence-electron chi connectivity index (χ1n) is 8.63. The van der Waals surface area contributed by atoms with Crippen LogP contribution in [0.2, 0.25) is 0 Å². The van der Waals surface area contributed by atoms with E-state index in [1.165, 1.54) is 11.0 Å². The van der Waals surface area contributed by atoms with Crippen LogP contribution < -0.4 is 15.5 Å². The maximum Gasteiger partial charge on any atom is 0.250 e. The van der Waals surface area contributed by atoms with Crippen molar-refractivity contribution in [1.82, 2.24) is 5.32 Å². The van der Waals surface area contributed by atoms with Gasteiger partial charge in [-0.25, -0.2) is 8.78 Å². The third kappa shape index (κ3) is 3.55. The van der Waals surface area contributed by atoms with Crippen molar-refractivity contribution in [3.05, 3.63) is 59.7 Å². The molecular formula is C20H21F2N3O2. The van der Waals surface area contributed by atoms with E-state index in [1.807, 2.05) is 0 Å². The van der Waals surface area contributed by atoms with Crippen LogP contribution in [-0.2, 0) is 9.59 Å². The Morgan fingerprint density at radius 3 is 2.59 bits per heavy atom. The molecule has 0 unspecified atom stereocenters. The Morgan fingerprint density at radius 2 is 1.89 bits per heavy atom. The topological polar surface area (TPSA) is 61.4 Å². The van der Waals surface area contributed by atoms with Crippen LogP contribution in [0.1, 0.15) is 32.4 Å². The van der Waals surface area contributed by atoms with Crippen molar-refractivity contribution in [3.63, 3.8) is 0 Å². The van der Waals surface area contributed by atoms with E-state index in [2.05, 4.69) is 10.6 Å². The van der Waals surface area contributed by atoms with Crippen molar-refractivity contribution in [2.45, 2.75) is 32.4 Å². The number of carbonyl (C=O) groups is 2. The number of fused-ring (bicyclic) bond motifs is 1. The van der Waals surface area contributed by atoms with Crippen LogP contribution in [0.3, 0.4) is 0 Å². The average molecular weight is 373 g/mol. The summed E-state index contributed by atoms with van der Waals surface area (Å²) >= 11 is 0. The first-order valence-corrected chi connectivity index (χ1v) is 8.63. The van der Waals surface area contributed by atoms with Crippen LogP contribution in [0.5, 0.6) is 0 Å². The molecule has 1 aliphatic heterocycles. The normalized spacial score (nSPS) is 16.5. The molecule has 0 saturated heterocycles. The van der Waals surface area contributed by atoms with Gasteiger partial charge in [0.2, 0.25) is 11.8 Å².